The number of aromatic nitrogens is 2. The van der Waals surface area contributed by atoms with Crippen molar-refractivity contribution in [1.82, 2.24) is 20.1 Å². The van der Waals surface area contributed by atoms with E-state index in [0.29, 0.717) is 0 Å². The van der Waals surface area contributed by atoms with E-state index in [9.17, 15) is 0 Å². The topological polar surface area (TPSA) is 59.1 Å². The Balaban J connectivity index is 2.24. The van der Waals surface area contributed by atoms with Crippen molar-refractivity contribution in [2.45, 2.75) is 58.2 Å². The Kier molecular flexibility index (Phi) is 4.60. The normalized spacial score (nSPS) is 18.9. The van der Waals surface area contributed by atoms with Gasteiger partial charge in [-0.3, -0.25) is 15.4 Å². The van der Waals surface area contributed by atoms with Crippen molar-refractivity contribution in [1.29, 1.82) is 0 Å². The highest BCUT2D eigenvalue weighted by Gasteiger charge is 2.38. The fourth-order valence-corrected chi connectivity index (χ4v) is 3.11. The van der Waals surface area contributed by atoms with Crippen molar-refractivity contribution in [2.75, 3.05) is 13.1 Å². The number of aryl methyl sites for hydroxylation is 1. The van der Waals surface area contributed by atoms with Crippen LogP contribution in [0.15, 0.2) is 12.3 Å². The summed E-state index contributed by atoms with van der Waals surface area (Å²) in [6.45, 7) is 9.97. The predicted octanol–water partition coefficient (Wildman–Crippen LogP) is 1.67. The van der Waals surface area contributed by atoms with E-state index in [1.165, 1.54) is 18.5 Å². The Morgan fingerprint density at radius 3 is 2.68 bits per heavy atom. The Labute approximate surface area is 116 Å². The second-order valence-electron chi connectivity index (χ2n) is 5.93. The van der Waals surface area contributed by atoms with Crippen LogP contribution < -0.4 is 11.3 Å². The van der Waals surface area contributed by atoms with Gasteiger partial charge in [0.15, 0.2) is 0 Å². The molecule has 108 valence electrons. The van der Waals surface area contributed by atoms with Gasteiger partial charge < -0.3 is 0 Å². The number of nitrogens with one attached hydrogen (secondary N) is 1. The maximum Gasteiger partial charge on any atom is 0.0807 e. The SMILES string of the molecule is CCCn1nccc1C(NN)C(C)(C)N1CCCC1. The molecule has 0 aromatic carbocycles. The van der Waals surface area contributed by atoms with Crippen LogP contribution in [0.25, 0.3) is 0 Å². The molecule has 1 aromatic heterocycles. The van der Waals surface area contributed by atoms with Gasteiger partial charge in [-0.25, -0.2) is 5.43 Å². The lowest BCUT2D eigenvalue weighted by atomic mass is 9.90. The van der Waals surface area contributed by atoms with Gasteiger partial charge in [0, 0.05) is 18.3 Å². The highest BCUT2D eigenvalue weighted by Crippen LogP contribution is 2.33. The Hall–Kier alpha value is -0.910. The van der Waals surface area contributed by atoms with E-state index in [1.807, 2.05) is 6.20 Å². The molecule has 5 heteroatoms. The lowest BCUT2D eigenvalue weighted by Gasteiger charge is -2.41. The summed E-state index contributed by atoms with van der Waals surface area (Å²) in [4.78, 5) is 2.53. The quantitative estimate of drug-likeness (QED) is 0.607. The highest BCUT2D eigenvalue weighted by atomic mass is 15.3. The van der Waals surface area contributed by atoms with Crippen LogP contribution >= 0.6 is 0 Å². The highest BCUT2D eigenvalue weighted by molar-refractivity contribution is 5.14. The number of hydrogen-bond acceptors (Lipinski definition) is 4. The second-order valence-corrected chi connectivity index (χ2v) is 5.93. The first-order valence-electron chi connectivity index (χ1n) is 7.34. The average molecular weight is 265 g/mol. The largest absolute Gasteiger partial charge is 0.296 e. The number of nitrogens with two attached hydrogens (primary N) is 1. The van der Waals surface area contributed by atoms with Crippen LogP contribution in [0.1, 0.15) is 51.8 Å². The second kappa shape index (κ2) is 6.03. The van der Waals surface area contributed by atoms with Crippen molar-refractivity contribution in [3.8, 4) is 0 Å². The van der Waals surface area contributed by atoms with Crippen LogP contribution in [0.3, 0.4) is 0 Å². The minimum Gasteiger partial charge on any atom is -0.296 e. The molecule has 2 heterocycles. The summed E-state index contributed by atoms with van der Waals surface area (Å²) in [6.07, 6.45) is 5.52. The van der Waals surface area contributed by atoms with Gasteiger partial charge in [0.1, 0.15) is 0 Å². The van der Waals surface area contributed by atoms with Gasteiger partial charge in [-0.1, -0.05) is 6.92 Å². The van der Waals surface area contributed by atoms with Gasteiger partial charge in [-0.15, -0.1) is 0 Å². The molecule has 2 rings (SSSR count). The lowest BCUT2D eigenvalue weighted by molar-refractivity contribution is 0.102. The van der Waals surface area contributed by atoms with Crippen molar-refractivity contribution < 1.29 is 0 Å². The van der Waals surface area contributed by atoms with Crippen molar-refractivity contribution >= 4 is 0 Å². The third kappa shape index (κ3) is 2.83. The van der Waals surface area contributed by atoms with Gasteiger partial charge in [0.05, 0.1) is 11.7 Å². The fourth-order valence-electron chi connectivity index (χ4n) is 3.11. The van der Waals surface area contributed by atoms with E-state index >= 15 is 0 Å². The molecule has 3 N–H and O–H groups in total. The summed E-state index contributed by atoms with van der Waals surface area (Å²) in [5.74, 6) is 5.86. The summed E-state index contributed by atoms with van der Waals surface area (Å²) in [7, 11) is 0. The first-order valence-corrected chi connectivity index (χ1v) is 7.34. The first kappa shape index (κ1) is 14.5. The van der Waals surface area contributed by atoms with Gasteiger partial charge in [-0.2, -0.15) is 5.10 Å². The molecule has 1 unspecified atom stereocenters. The number of hydrazine groups is 1. The summed E-state index contributed by atoms with van der Waals surface area (Å²) in [6, 6.07) is 2.18. The zero-order valence-electron chi connectivity index (χ0n) is 12.4. The Morgan fingerprint density at radius 2 is 2.11 bits per heavy atom. The molecule has 19 heavy (non-hydrogen) atoms. The molecule has 1 saturated heterocycles. The molecular formula is C14H27N5. The maximum absolute atomic E-state index is 5.86. The van der Waals surface area contributed by atoms with Crippen LogP contribution in [0.5, 0.6) is 0 Å². The number of hydrogen-bond donors (Lipinski definition) is 2. The summed E-state index contributed by atoms with van der Waals surface area (Å²) in [5, 5.41) is 4.42. The molecule has 0 saturated carbocycles. The number of likely N-dealkylation sites (tertiary alicyclic amines) is 1. The van der Waals surface area contributed by atoms with E-state index in [4.69, 9.17) is 5.84 Å². The summed E-state index contributed by atoms with van der Waals surface area (Å²) in [5.41, 5.74) is 4.20. The summed E-state index contributed by atoms with van der Waals surface area (Å²) >= 11 is 0. The molecule has 0 aliphatic carbocycles. The van der Waals surface area contributed by atoms with Crippen LogP contribution in [-0.4, -0.2) is 33.3 Å². The minimum absolute atomic E-state index is 0.00320. The van der Waals surface area contributed by atoms with Crippen molar-refractivity contribution in [3.63, 3.8) is 0 Å². The fraction of sp³-hybridized carbons (Fsp3) is 0.786. The Morgan fingerprint density at radius 1 is 1.42 bits per heavy atom. The summed E-state index contributed by atoms with van der Waals surface area (Å²) < 4.78 is 2.07. The zero-order chi connectivity index (χ0) is 13.9. The van der Waals surface area contributed by atoms with E-state index in [2.05, 4.69) is 46.9 Å². The maximum atomic E-state index is 5.86. The molecular weight excluding hydrogens is 238 g/mol. The molecule has 1 aliphatic heterocycles. The third-order valence-electron chi connectivity index (χ3n) is 4.27. The van der Waals surface area contributed by atoms with E-state index < -0.39 is 0 Å². The zero-order valence-corrected chi connectivity index (χ0v) is 12.4. The molecule has 0 amide bonds. The minimum atomic E-state index is -0.00320. The van der Waals surface area contributed by atoms with Crippen LogP contribution in [0, 0.1) is 0 Å². The number of nitrogens with zero attached hydrogens (tertiary/aromatic N) is 3. The molecule has 1 aliphatic rings. The van der Waals surface area contributed by atoms with Crippen LogP contribution in [-0.2, 0) is 6.54 Å². The smallest absolute Gasteiger partial charge is 0.0807 e. The lowest BCUT2D eigenvalue weighted by Crippen LogP contribution is -2.53. The van der Waals surface area contributed by atoms with Crippen LogP contribution in [0.4, 0.5) is 0 Å². The van der Waals surface area contributed by atoms with Crippen molar-refractivity contribution in [3.05, 3.63) is 18.0 Å². The first-order chi connectivity index (χ1) is 9.11. The van der Waals surface area contributed by atoms with Crippen molar-refractivity contribution in [2.24, 2.45) is 5.84 Å². The third-order valence-corrected chi connectivity index (χ3v) is 4.27. The van der Waals surface area contributed by atoms with E-state index in [0.717, 1.165) is 26.1 Å². The van der Waals surface area contributed by atoms with Crippen LogP contribution in [0.2, 0.25) is 0 Å². The van der Waals surface area contributed by atoms with E-state index in [-0.39, 0.29) is 11.6 Å². The molecule has 0 spiro atoms. The predicted molar refractivity (Wildman–Crippen MR) is 77.5 cm³/mol. The molecule has 1 aromatic rings. The van der Waals surface area contributed by atoms with Gasteiger partial charge in [-0.05, 0) is 52.3 Å². The number of rotatable bonds is 6. The monoisotopic (exact) mass is 265 g/mol. The Bertz CT molecular complexity index is 392. The van der Waals surface area contributed by atoms with Gasteiger partial charge in [0.25, 0.3) is 0 Å². The van der Waals surface area contributed by atoms with E-state index in [1.54, 1.807) is 0 Å². The standard InChI is InChI=1S/C14H27N5/c1-4-9-19-12(7-8-16-19)13(17-15)14(2,3)18-10-5-6-11-18/h7-8,13,17H,4-6,9-11,15H2,1-3H3. The molecule has 1 atom stereocenters. The average Bonchev–Trinajstić information content (AvgIpc) is 3.02. The van der Waals surface area contributed by atoms with Gasteiger partial charge >= 0.3 is 0 Å². The molecule has 0 bridgehead atoms. The molecule has 5 nitrogen and oxygen atoms in total. The van der Waals surface area contributed by atoms with Gasteiger partial charge in [0.2, 0.25) is 0 Å². The molecule has 0 radical (unpaired) electrons. The molecule has 1 fully saturated rings.